The Morgan fingerprint density at radius 1 is 1.38 bits per heavy atom. The van der Waals surface area contributed by atoms with Crippen LogP contribution in [0.5, 0.6) is 5.75 Å². The minimum Gasteiger partial charge on any atom is -0.489 e. The molecule has 1 amide bonds. The molecule has 2 heterocycles. The fraction of sp³-hybridized carbons (Fsp3) is 0.333. The van der Waals surface area contributed by atoms with Gasteiger partial charge < -0.3 is 19.7 Å². The van der Waals surface area contributed by atoms with E-state index in [2.05, 4.69) is 4.98 Å². The zero-order valence-electron chi connectivity index (χ0n) is 11.4. The second kappa shape index (κ2) is 5.47. The monoisotopic (exact) mass is 288 g/mol. The summed E-state index contributed by atoms with van der Waals surface area (Å²) in [5, 5.41) is 10.4. The summed E-state index contributed by atoms with van der Waals surface area (Å²) in [5.41, 5.74) is -0.131. The Hall–Kier alpha value is -2.50. The lowest BCUT2D eigenvalue weighted by atomic mass is 10.1. The first kappa shape index (κ1) is 13.5. The number of carboxylic acid groups (broad SMARTS) is 1. The zero-order chi connectivity index (χ0) is 14.8. The molecule has 0 aliphatic carbocycles. The third-order valence-corrected chi connectivity index (χ3v) is 3.70. The first-order valence-electron chi connectivity index (χ1n) is 6.89. The van der Waals surface area contributed by atoms with Gasteiger partial charge in [0.25, 0.3) is 5.56 Å². The molecule has 1 saturated heterocycles. The standard InChI is InChI=1S/C15H16N2O4/c18-14-13-4-3-11(8-10(13)5-6-16-14)21-12-2-1-7-17(9-12)15(19)20/h3-6,8,12H,1-2,7,9H2,(H,16,18)(H,19,20)/t12-/m0/s1. The van der Waals surface area contributed by atoms with E-state index in [9.17, 15) is 9.59 Å². The number of piperidine rings is 1. The molecule has 1 atom stereocenters. The first-order valence-corrected chi connectivity index (χ1v) is 6.89. The molecule has 3 rings (SSSR count). The number of likely N-dealkylation sites (tertiary alicyclic amines) is 1. The number of ether oxygens (including phenoxy) is 1. The highest BCUT2D eigenvalue weighted by molar-refractivity contribution is 5.82. The number of hydrogen-bond acceptors (Lipinski definition) is 3. The maximum Gasteiger partial charge on any atom is 0.407 e. The van der Waals surface area contributed by atoms with Gasteiger partial charge >= 0.3 is 6.09 Å². The predicted octanol–water partition coefficient (Wildman–Crippen LogP) is 2.05. The van der Waals surface area contributed by atoms with Crippen molar-refractivity contribution in [1.82, 2.24) is 9.88 Å². The Morgan fingerprint density at radius 2 is 2.24 bits per heavy atom. The molecule has 6 nitrogen and oxygen atoms in total. The molecular formula is C15H16N2O4. The Kier molecular flexibility index (Phi) is 3.51. The molecule has 1 aliphatic heterocycles. The maximum atomic E-state index is 11.6. The van der Waals surface area contributed by atoms with E-state index in [-0.39, 0.29) is 11.7 Å². The number of nitrogens with zero attached hydrogens (tertiary/aromatic N) is 1. The van der Waals surface area contributed by atoms with Gasteiger partial charge in [0.05, 0.1) is 6.54 Å². The Balaban J connectivity index is 1.78. The second-order valence-corrected chi connectivity index (χ2v) is 5.17. The van der Waals surface area contributed by atoms with Gasteiger partial charge in [-0.05, 0) is 42.5 Å². The number of aromatic nitrogens is 1. The zero-order valence-corrected chi connectivity index (χ0v) is 11.4. The van der Waals surface area contributed by atoms with Gasteiger partial charge in [-0.15, -0.1) is 0 Å². The van der Waals surface area contributed by atoms with Crippen LogP contribution < -0.4 is 10.3 Å². The minimum absolute atomic E-state index is 0.131. The fourth-order valence-electron chi connectivity index (χ4n) is 2.64. The summed E-state index contributed by atoms with van der Waals surface area (Å²) in [6, 6.07) is 7.09. The number of rotatable bonds is 2. The van der Waals surface area contributed by atoms with Crippen molar-refractivity contribution in [1.29, 1.82) is 0 Å². The van der Waals surface area contributed by atoms with E-state index in [4.69, 9.17) is 9.84 Å². The largest absolute Gasteiger partial charge is 0.489 e. The first-order chi connectivity index (χ1) is 10.1. The number of carbonyl (C=O) groups is 1. The highest BCUT2D eigenvalue weighted by Gasteiger charge is 2.24. The third kappa shape index (κ3) is 2.84. The maximum absolute atomic E-state index is 11.6. The van der Waals surface area contributed by atoms with Crippen LogP contribution in [0, 0.1) is 0 Å². The second-order valence-electron chi connectivity index (χ2n) is 5.17. The lowest BCUT2D eigenvalue weighted by Gasteiger charge is -2.31. The van der Waals surface area contributed by atoms with Crippen molar-refractivity contribution in [2.75, 3.05) is 13.1 Å². The Labute approximate surface area is 121 Å². The smallest absolute Gasteiger partial charge is 0.407 e. The SMILES string of the molecule is O=C(O)N1CCC[C@H](Oc2ccc3c(=O)[nH]ccc3c2)C1. The summed E-state index contributed by atoms with van der Waals surface area (Å²) in [6.07, 6.45) is 2.17. The molecule has 6 heteroatoms. The lowest BCUT2D eigenvalue weighted by Crippen LogP contribution is -2.43. The van der Waals surface area contributed by atoms with Gasteiger partial charge in [0.1, 0.15) is 11.9 Å². The van der Waals surface area contributed by atoms with Crippen molar-refractivity contribution < 1.29 is 14.6 Å². The van der Waals surface area contributed by atoms with Crippen molar-refractivity contribution in [2.45, 2.75) is 18.9 Å². The van der Waals surface area contributed by atoms with Crippen molar-refractivity contribution in [3.63, 3.8) is 0 Å². The van der Waals surface area contributed by atoms with Crippen LogP contribution >= 0.6 is 0 Å². The number of benzene rings is 1. The molecule has 1 aromatic heterocycles. The van der Waals surface area contributed by atoms with Gasteiger partial charge in [0.15, 0.2) is 0 Å². The van der Waals surface area contributed by atoms with Crippen LogP contribution in [-0.2, 0) is 0 Å². The van der Waals surface area contributed by atoms with E-state index >= 15 is 0 Å². The van der Waals surface area contributed by atoms with Crippen LogP contribution in [0.3, 0.4) is 0 Å². The summed E-state index contributed by atoms with van der Waals surface area (Å²) >= 11 is 0. The summed E-state index contributed by atoms with van der Waals surface area (Å²) < 4.78 is 5.87. The van der Waals surface area contributed by atoms with Gasteiger partial charge in [0, 0.05) is 18.1 Å². The van der Waals surface area contributed by atoms with Crippen molar-refractivity contribution in [3.8, 4) is 5.75 Å². The van der Waals surface area contributed by atoms with Crippen LogP contribution in [0.4, 0.5) is 4.79 Å². The molecule has 0 spiro atoms. The van der Waals surface area contributed by atoms with Gasteiger partial charge in [-0.25, -0.2) is 4.79 Å². The molecule has 0 bridgehead atoms. The van der Waals surface area contributed by atoms with Gasteiger partial charge in [-0.1, -0.05) is 0 Å². The normalized spacial score (nSPS) is 18.7. The quantitative estimate of drug-likeness (QED) is 0.886. The molecule has 0 unspecified atom stereocenters. The number of pyridine rings is 1. The number of aromatic amines is 1. The van der Waals surface area contributed by atoms with Crippen LogP contribution in [0.25, 0.3) is 10.8 Å². The number of H-pyrrole nitrogens is 1. The highest BCUT2D eigenvalue weighted by atomic mass is 16.5. The van der Waals surface area contributed by atoms with Crippen molar-refractivity contribution in [3.05, 3.63) is 40.8 Å². The van der Waals surface area contributed by atoms with Crippen LogP contribution in [0.1, 0.15) is 12.8 Å². The van der Waals surface area contributed by atoms with Gasteiger partial charge in [-0.2, -0.15) is 0 Å². The molecule has 1 aliphatic rings. The number of hydrogen-bond donors (Lipinski definition) is 2. The Bertz CT molecular complexity index is 725. The van der Waals surface area contributed by atoms with Crippen LogP contribution in [0.15, 0.2) is 35.3 Å². The van der Waals surface area contributed by atoms with Crippen LogP contribution in [0.2, 0.25) is 0 Å². The number of fused-ring (bicyclic) bond motifs is 1. The molecule has 110 valence electrons. The topological polar surface area (TPSA) is 82.6 Å². The van der Waals surface area contributed by atoms with E-state index in [1.807, 2.05) is 12.1 Å². The average molecular weight is 288 g/mol. The minimum atomic E-state index is -0.909. The molecule has 1 aromatic carbocycles. The third-order valence-electron chi connectivity index (χ3n) is 3.70. The number of nitrogens with one attached hydrogen (secondary N) is 1. The van der Waals surface area contributed by atoms with Gasteiger partial charge in [0.2, 0.25) is 0 Å². The van der Waals surface area contributed by atoms with E-state index in [0.717, 1.165) is 18.2 Å². The van der Waals surface area contributed by atoms with Crippen molar-refractivity contribution >= 4 is 16.9 Å². The summed E-state index contributed by atoms with van der Waals surface area (Å²) in [4.78, 5) is 26.6. The van der Waals surface area contributed by atoms with E-state index in [0.29, 0.717) is 24.2 Å². The molecule has 2 aromatic rings. The van der Waals surface area contributed by atoms with Crippen LogP contribution in [-0.4, -0.2) is 40.3 Å². The summed E-state index contributed by atoms with van der Waals surface area (Å²) in [5.74, 6) is 0.658. The van der Waals surface area contributed by atoms with E-state index < -0.39 is 6.09 Å². The van der Waals surface area contributed by atoms with E-state index in [1.54, 1.807) is 18.3 Å². The molecule has 1 fully saturated rings. The van der Waals surface area contributed by atoms with Gasteiger partial charge in [-0.3, -0.25) is 4.79 Å². The van der Waals surface area contributed by atoms with Crippen molar-refractivity contribution in [2.24, 2.45) is 0 Å². The summed E-state index contributed by atoms with van der Waals surface area (Å²) in [6.45, 7) is 0.936. The lowest BCUT2D eigenvalue weighted by molar-refractivity contribution is 0.0792. The molecule has 2 N–H and O–H groups in total. The predicted molar refractivity (Wildman–Crippen MR) is 77.8 cm³/mol. The Morgan fingerprint density at radius 3 is 3.05 bits per heavy atom. The average Bonchev–Trinajstić information content (AvgIpc) is 2.47. The van der Waals surface area contributed by atoms with E-state index in [1.165, 1.54) is 4.90 Å². The summed E-state index contributed by atoms with van der Waals surface area (Å²) in [7, 11) is 0. The molecule has 0 saturated carbocycles. The molecular weight excluding hydrogens is 272 g/mol. The fourth-order valence-corrected chi connectivity index (χ4v) is 2.64. The molecule has 21 heavy (non-hydrogen) atoms. The highest BCUT2D eigenvalue weighted by Crippen LogP contribution is 2.22. The molecule has 0 radical (unpaired) electrons. The number of amides is 1.